The zero-order valence-corrected chi connectivity index (χ0v) is 27.0. The molecule has 3 unspecified atom stereocenters. The lowest BCUT2D eigenvalue weighted by molar-refractivity contribution is -0.384. The summed E-state index contributed by atoms with van der Waals surface area (Å²) in [5.74, 6) is -2.13. The average molecular weight is 639 g/mol. The van der Waals surface area contributed by atoms with Crippen molar-refractivity contribution in [1.29, 1.82) is 0 Å². The molecule has 11 heteroatoms. The van der Waals surface area contributed by atoms with Crippen LogP contribution in [0.1, 0.15) is 69.4 Å². The van der Waals surface area contributed by atoms with E-state index in [1.54, 1.807) is 30.8 Å². The Morgan fingerprint density at radius 2 is 1.91 bits per heavy atom. The van der Waals surface area contributed by atoms with E-state index in [1.807, 2.05) is 6.92 Å². The first kappa shape index (κ1) is 34.3. The number of non-ortho nitro benzene ring substituents is 1. The highest BCUT2D eigenvalue weighted by molar-refractivity contribution is 7.99. The minimum atomic E-state index is -0.898. The van der Waals surface area contributed by atoms with Crippen molar-refractivity contribution in [3.63, 3.8) is 0 Å². The molecule has 0 spiro atoms. The summed E-state index contributed by atoms with van der Waals surface area (Å²) in [6.07, 6.45) is 6.18. The molecule has 10 nitrogen and oxygen atoms in total. The number of thioether (sulfide) groups is 1. The molecule has 242 valence electrons. The van der Waals surface area contributed by atoms with Crippen LogP contribution in [0, 0.1) is 16.0 Å². The molecule has 0 N–H and O–H groups in total. The van der Waals surface area contributed by atoms with E-state index in [0.29, 0.717) is 36.4 Å². The Hall–Kier alpha value is -3.54. The second kappa shape index (κ2) is 17.2. The smallest absolute Gasteiger partial charge is 0.336 e. The van der Waals surface area contributed by atoms with Gasteiger partial charge in [-0.2, -0.15) is 0 Å². The number of hydrogen-bond donors (Lipinski definition) is 0. The maximum atomic E-state index is 13.5. The van der Waals surface area contributed by atoms with Gasteiger partial charge in [-0.25, -0.2) is 4.79 Å². The maximum Gasteiger partial charge on any atom is 0.336 e. The third-order valence-corrected chi connectivity index (χ3v) is 9.05. The molecule has 0 aliphatic carbocycles. The van der Waals surface area contributed by atoms with Gasteiger partial charge in [0, 0.05) is 46.7 Å². The van der Waals surface area contributed by atoms with Gasteiger partial charge in [0.25, 0.3) is 5.69 Å². The highest BCUT2D eigenvalue weighted by atomic mass is 32.2. The number of nitro benzene ring substituents is 1. The summed E-state index contributed by atoms with van der Waals surface area (Å²) < 4.78 is 22.2. The molecule has 4 rings (SSSR count). The van der Waals surface area contributed by atoms with Gasteiger partial charge < -0.3 is 18.9 Å². The summed E-state index contributed by atoms with van der Waals surface area (Å²) in [4.78, 5) is 43.2. The summed E-state index contributed by atoms with van der Waals surface area (Å²) in [6.45, 7) is 5.23. The van der Waals surface area contributed by atoms with Crippen molar-refractivity contribution in [2.45, 2.75) is 75.9 Å². The van der Waals surface area contributed by atoms with E-state index in [0.717, 1.165) is 42.9 Å². The van der Waals surface area contributed by atoms with E-state index in [2.05, 4.69) is 29.3 Å². The van der Waals surface area contributed by atoms with Gasteiger partial charge in [-0.15, -0.1) is 11.8 Å². The molecule has 3 atom stereocenters. The lowest BCUT2D eigenvalue weighted by Gasteiger charge is -2.32. The molecule has 0 bridgehead atoms. The molecule has 0 saturated carbocycles. The molecule has 0 radical (unpaired) electrons. The van der Waals surface area contributed by atoms with Crippen molar-refractivity contribution in [2.24, 2.45) is 10.9 Å². The molecule has 2 aromatic carbocycles. The number of rotatable bonds is 15. The largest absolute Gasteiger partial charge is 0.468 e. The number of ether oxygens (including phenoxy) is 4. The van der Waals surface area contributed by atoms with Crippen LogP contribution in [0.15, 0.2) is 69.7 Å². The van der Waals surface area contributed by atoms with Gasteiger partial charge in [-0.3, -0.25) is 19.9 Å². The van der Waals surface area contributed by atoms with Gasteiger partial charge >= 0.3 is 11.9 Å². The van der Waals surface area contributed by atoms with E-state index in [4.69, 9.17) is 18.9 Å². The second-order valence-electron chi connectivity index (χ2n) is 11.0. The fourth-order valence-electron chi connectivity index (χ4n) is 5.67. The summed E-state index contributed by atoms with van der Waals surface area (Å²) in [5.41, 5.74) is 2.77. The van der Waals surface area contributed by atoms with Crippen LogP contribution < -0.4 is 0 Å². The van der Waals surface area contributed by atoms with Gasteiger partial charge in [0.15, 0.2) is 6.29 Å². The lowest BCUT2D eigenvalue weighted by Crippen LogP contribution is -2.37. The molecule has 2 aliphatic rings. The van der Waals surface area contributed by atoms with Crippen LogP contribution in [0.2, 0.25) is 0 Å². The molecule has 1 fully saturated rings. The number of hydrogen-bond acceptors (Lipinski definition) is 10. The number of nitrogens with zero attached hydrogens (tertiary/aromatic N) is 2. The van der Waals surface area contributed by atoms with Gasteiger partial charge in [0.05, 0.1) is 30.8 Å². The third kappa shape index (κ3) is 9.48. The van der Waals surface area contributed by atoms with Crippen molar-refractivity contribution in [1.82, 2.24) is 0 Å². The van der Waals surface area contributed by atoms with Gasteiger partial charge in [-0.05, 0) is 75.1 Å². The number of aryl methyl sites for hydroxylation is 1. The number of allylic oxidation sites excluding steroid dienone is 1. The Morgan fingerprint density at radius 1 is 1.11 bits per heavy atom. The minimum absolute atomic E-state index is 0.0475. The summed E-state index contributed by atoms with van der Waals surface area (Å²) in [7, 11) is 1.28. The monoisotopic (exact) mass is 638 g/mol. The van der Waals surface area contributed by atoms with Crippen LogP contribution in [0.4, 0.5) is 5.69 Å². The second-order valence-corrected chi connectivity index (χ2v) is 12.2. The summed E-state index contributed by atoms with van der Waals surface area (Å²) in [6, 6.07) is 14.5. The topological polar surface area (TPSA) is 127 Å². The van der Waals surface area contributed by atoms with Crippen molar-refractivity contribution in [3.05, 3.63) is 81.0 Å². The van der Waals surface area contributed by atoms with E-state index in [1.165, 1.54) is 31.2 Å². The molecule has 2 aromatic rings. The molecule has 0 amide bonds. The molecule has 2 aliphatic heterocycles. The van der Waals surface area contributed by atoms with E-state index >= 15 is 0 Å². The maximum absolute atomic E-state index is 13.5. The first-order chi connectivity index (χ1) is 21.8. The van der Waals surface area contributed by atoms with Gasteiger partial charge in [-0.1, -0.05) is 31.2 Å². The standard InChI is InChI=1S/C34H42N2O8S/c1-4-28-32(33(37)41-3)31(25-11-7-12-26(22-25)36(39)40)30(23(2)35-28)34(38)44-20-9-21-45-27-16-14-24(15-17-27)10-8-19-43-29-13-5-6-18-42-29/h7,11-12,14-17,22,29,31-32H,4-6,8-10,13,18-21H2,1-3H3. The SMILES string of the molecule is CCC1=NC(C)=C(C(=O)OCCCSc2ccc(CCCOC3CCCCO3)cc2)C(c2cccc([N+](=O)[O-])c2)C1C(=O)OC. The first-order valence-electron chi connectivity index (χ1n) is 15.5. The molecular formula is C34H42N2O8S. The molecule has 0 aromatic heterocycles. The molecule has 1 saturated heterocycles. The van der Waals surface area contributed by atoms with Crippen molar-refractivity contribution >= 4 is 35.1 Å². The lowest BCUT2D eigenvalue weighted by atomic mass is 9.74. The molecular weight excluding hydrogens is 596 g/mol. The average Bonchev–Trinajstić information content (AvgIpc) is 3.06. The zero-order valence-electron chi connectivity index (χ0n) is 26.2. The van der Waals surface area contributed by atoms with Crippen LogP contribution in [-0.2, 0) is 35.0 Å². The predicted molar refractivity (Wildman–Crippen MR) is 172 cm³/mol. The van der Waals surface area contributed by atoms with E-state index in [-0.39, 0.29) is 24.2 Å². The number of methoxy groups -OCH3 is 1. The predicted octanol–water partition coefficient (Wildman–Crippen LogP) is 6.81. The number of benzene rings is 2. The minimum Gasteiger partial charge on any atom is -0.468 e. The summed E-state index contributed by atoms with van der Waals surface area (Å²) in [5, 5.41) is 11.5. The number of carbonyl (C=O) groups excluding carboxylic acids is 2. The third-order valence-electron chi connectivity index (χ3n) is 7.95. The highest BCUT2D eigenvalue weighted by Gasteiger charge is 2.43. The zero-order chi connectivity index (χ0) is 32.2. The number of carbonyl (C=O) groups is 2. The summed E-state index contributed by atoms with van der Waals surface area (Å²) >= 11 is 1.68. The van der Waals surface area contributed by atoms with Crippen molar-refractivity contribution in [3.8, 4) is 0 Å². The number of aliphatic imine (C=N–C) groups is 1. The van der Waals surface area contributed by atoms with Crippen LogP contribution in [0.3, 0.4) is 0 Å². The fourth-order valence-corrected chi connectivity index (χ4v) is 6.50. The van der Waals surface area contributed by atoms with E-state index < -0.39 is 28.7 Å². The highest BCUT2D eigenvalue weighted by Crippen LogP contribution is 2.41. The van der Waals surface area contributed by atoms with Gasteiger partial charge in [0.1, 0.15) is 5.92 Å². The van der Waals surface area contributed by atoms with Gasteiger partial charge in [0.2, 0.25) is 0 Å². The Morgan fingerprint density at radius 3 is 2.60 bits per heavy atom. The van der Waals surface area contributed by atoms with Crippen molar-refractivity contribution < 1.29 is 33.5 Å². The van der Waals surface area contributed by atoms with Crippen LogP contribution in [0.25, 0.3) is 0 Å². The van der Waals surface area contributed by atoms with Crippen LogP contribution in [-0.4, -0.2) is 61.5 Å². The fraction of sp³-hybridized carbons (Fsp3) is 0.500. The van der Waals surface area contributed by atoms with Crippen LogP contribution >= 0.6 is 11.8 Å². The molecule has 45 heavy (non-hydrogen) atoms. The Balaban J connectivity index is 1.31. The van der Waals surface area contributed by atoms with Crippen LogP contribution in [0.5, 0.6) is 0 Å². The number of nitro groups is 1. The van der Waals surface area contributed by atoms with E-state index in [9.17, 15) is 19.7 Å². The Labute approximate surface area is 268 Å². The quantitative estimate of drug-likeness (QED) is 0.0680. The Kier molecular flexibility index (Phi) is 13.2. The van der Waals surface area contributed by atoms with Crippen molar-refractivity contribution in [2.75, 3.05) is 32.7 Å². The molecule has 2 heterocycles. The Bertz CT molecular complexity index is 1380. The normalized spacial score (nSPS) is 20.0. The number of esters is 2. The first-order valence-corrected chi connectivity index (χ1v) is 16.5.